The molecule has 1 heteroatoms. The predicted molar refractivity (Wildman–Crippen MR) is 102 cm³/mol. The summed E-state index contributed by atoms with van der Waals surface area (Å²) in [4.78, 5) is 2.32. The third-order valence-electron chi connectivity index (χ3n) is 3.60. The Hall–Kier alpha value is -1.34. The van der Waals surface area contributed by atoms with Crippen LogP contribution in [0, 0.1) is 0 Å². The largest absolute Gasteiger partial charge is 0.292 e. The van der Waals surface area contributed by atoms with Gasteiger partial charge in [0.2, 0.25) is 0 Å². The first-order valence-electron chi connectivity index (χ1n) is 8.38. The minimum atomic E-state index is 0.916. The number of hydrogen-bond donors (Lipinski definition) is 0. The first-order valence-corrected chi connectivity index (χ1v) is 8.38. The van der Waals surface area contributed by atoms with E-state index in [-0.39, 0.29) is 0 Å². The molecule has 0 N–H and O–H groups in total. The van der Waals surface area contributed by atoms with Crippen molar-refractivity contribution in [3.63, 3.8) is 0 Å². The van der Waals surface area contributed by atoms with Gasteiger partial charge >= 0.3 is 0 Å². The molecule has 124 valence electrons. The van der Waals surface area contributed by atoms with Crippen LogP contribution in [0.5, 0.6) is 0 Å². The third-order valence-corrected chi connectivity index (χ3v) is 3.60. The van der Waals surface area contributed by atoms with Crippen LogP contribution in [0.25, 0.3) is 0 Å². The first-order chi connectivity index (χ1) is 10.5. The van der Waals surface area contributed by atoms with E-state index < -0.39 is 0 Å². The van der Waals surface area contributed by atoms with Crippen LogP contribution in [0.1, 0.15) is 53.4 Å². The van der Waals surface area contributed by atoms with Gasteiger partial charge in [-0.1, -0.05) is 47.1 Å². The zero-order chi connectivity index (χ0) is 16.8. The fourth-order valence-electron chi connectivity index (χ4n) is 2.21. The van der Waals surface area contributed by atoms with Gasteiger partial charge in [-0.25, -0.2) is 0 Å². The minimum absolute atomic E-state index is 0.916. The van der Waals surface area contributed by atoms with Crippen molar-refractivity contribution in [2.45, 2.75) is 53.4 Å². The number of rotatable bonds is 12. The lowest BCUT2D eigenvalue weighted by Crippen LogP contribution is -2.24. The average Bonchev–Trinajstić information content (AvgIpc) is 2.45. The molecular formula is C21H35N. The van der Waals surface area contributed by atoms with Gasteiger partial charge in [0.05, 0.1) is 0 Å². The van der Waals surface area contributed by atoms with Crippen LogP contribution in [0.3, 0.4) is 0 Å². The van der Waals surface area contributed by atoms with Crippen LogP contribution in [0.2, 0.25) is 0 Å². The molecule has 1 nitrogen and oxygen atoms in total. The summed E-state index contributed by atoms with van der Waals surface area (Å²) in [6.45, 7) is 19.2. The van der Waals surface area contributed by atoms with E-state index in [9.17, 15) is 0 Å². The Morgan fingerprint density at radius 3 is 1.73 bits per heavy atom. The van der Waals surface area contributed by atoms with Gasteiger partial charge in [0.15, 0.2) is 0 Å². The Kier molecular flexibility index (Phi) is 12.5. The first kappa shape index (κ1) is 20.7. The van der Waals surface area contributed by atoms with Crippen molar-refractivity contribution in [3.05, 3.63) is 60.3 Å². The molecule has 0 aromatic carbocycles. The van der Waals surface area contributed by atoms with Crippen LogP contribution in [0.15, 0.2) is 60.3 Å². The van der Waals surface area contributed by atoms with Crippen LogP contribution in [-0.2, 0) is 0 Å². The molecule has 0 rings (SSSR count). The molecule has 0 spiro atoms. The SMILES string of the molecule is C=CCN(CC=C)C/C=C(\C)CC/C=C(\C)CCC=C(C)C. The maximum absolute atomic E-state index is 3.81. The van der Waals surface area contributed by atoms with Crippen LogP contribution in [-0.4, -0.2) is 24.5 Å². The Morgan fingerprint density at radius 2 is 1.23 bits per heavy atom. The maximum Gasteiger partial charge on any atom is 0.0172 e. The van der Waals surface area contributed by atoms with Crippen molar-refractivity contribution in [1.29, 1.82) is 0 Å². The lowest BCUT2D eigenvalue weighted by molar-refractivity contribution is 0.372. The van der Waals surface area contributed by atoms with Gasteiger partial charge in [-0.3, -0.25) is 4.90 Å². The topological polar surface area (TPSA) is 3.24 Å². The molecule has 0 radical (unpaired) electrons. The van der Waals surface area contributed by atoms with Crippen molar-refractivity contribution >= 4 is 0 Å². The molecule has 0 aliphatic heterocycles. The predicted octanol–water partition coefficient (Wildman–Crippen LogP) is 6.08. The maximum atomic E-state index is 3.81. The van der Waals surface area contributed by atoms with E-state index in [4.69, 9.17) is 0 Å². The molecule has 0 saturated heterocycles. The highest BCUT2D eigenvalue weighted by Gasteiger charge is 1.98. The smallest absolute Gasteiger partial charge is 0.0172 e. The Labute approximate surface area is 138 Å². The van der Waals surface area contributed by atoms with E-state index in [2.05, 4.69) is 64.0 Å². The second-order valence-corrected chi connectivity index (χ2v) is 6.26. The van der Waals surface area contributed by atoms with Gasteiger partial charge in [-0.15, -0.1) is 13.2 Å². The normalized spacial score (nSPS) is 12.4. The summed E-state index contributed by atoms with van der Waals surface area (Å²) < 4.78 is 0. The summed E-state index contributed by atoms with van der Waals surface area (Å²) in [6.07, 6.45) is 15.6. The van der Waals surface area contributed by atoms with E-state index in [0.29, 0.717) is 0 Å². The van der Waals surface area contributed by atoms with Gasteiger partial charge in [-0.2, -0.15) is 0 Å². The Morgan fingerprint density at radius 1 is 0.727 bits per heavy atom. The lowest BCUT2D eigenvalue weighted by atomic mass is 10.1. The molecule has 0 aromatic heterocycles. The van der Waals surface area contributed by atoms with Crippen molar-refractivity contribution < 1.29 is 0 Å². The second-order valence-electron chi connectivity index (χ2n) is 6.26. The van der Waals surface area contributed by atoms with Crippen LogP contribution >= 0.6 is 0 Å². The molecule has 0 fully saturated rings. The highest BCUT2D eigenvalue weighted by Crippen LogP contribution is 2.11. The Bertz CT molecular complexity index is 396. The molecule has 22 heavy (non-hydrogen) atoms. The van der Waals surface area contributed by atoms with Crippen molar-refractivity contribution in [3.8, 4) is 0 Å². The van der Waals surface area contributed by atoms with Gasteiger partial charge in [-0.05, 0) is 53.4 Å². The fourth-order valence-corrected chi connectivity index (χ4v) is 2.21. The lowest BCUT2D eigenvalue weighted by Gasteiger charge is -2.16. The van der Waals surface area contributed by atoms with E-state index in [1.165, 1.54) is 23.1 Å². The van der Waals surface area contributed by atoms with Gasteiger partial charge < -0.3 is 0 Å². The standard InChI is InChI=1S/C21H35N/c1-7-16-22(17-8-2)18-15-21(6)14-10-13-20(5)12-9-11-19(3)4/h7-8,11,13,15H,1-2,9-10,12,14,16-18H2,3-6H3/b20-13+,21-15+. The van der Waals surface area contributed by atoms with E-state index in [0.717, 1.165) is 38.9 Å². The van der Waals surface area contributed by atoms with Gasteiger partial charge in [0.25, 0.3) is 0 Å². The number of hydrogen-bond acceptors (Lipinski definition) is 1. The summed E-state index contributed by atoms with van der Waals surface area (Å²) in [5.41, 5.74) is 4.38. The van der Waals surface area contributed by atoms with Crippen LogP contribution in [0.4, 0.5) is 0 Å². The van der Waals surface area contributed by atoms with Gasteiger partial charge in [0, 0.05) is 19.6 Å². The monoisotopic (exact) mass is 301 g/mol. The zero-order valence-corrected chi connectivity index (χ0v) is 15.2. The molecule has 0 atom stereocenters. The molecular weight excluding hydrogens is 266 g/mol. The summed E-state index contributed by atoms with van der Waals surface area (Å²) in [5, 5.41) is 0. The minimum Gasteiger partial charge on any atom is -0.292 e. The quantitative estimate of drug-likeness (QED) is 0.395. The highest BCUT2D eigenvalue weighted by molar-refractivity contribution is 5.06. The summed E-state index contributed by atoms with van der Waals surface area (Å²) in [6, 6.07) is 0. The third kappa shape index (κ3) is 12.4. The molecule has 0 amide bonds. The summed E-state index contributed by atoms with van der Waals surface area (Å²) in [5.74, 6) is 0. The fraction of sp³-hybridized carbons (Fsp3) is 0.524. The molecule has 0 unspecified atom stereocenters. The molecule has 0 heterocycles. The highest BCUT2D eigenvalue weighted by atomic mass is 15.1. The number of nitrogens with zero attached hydrogens (tertiary/aromatic N) is 1. The van der Waals surface area contributed by atoms with Crippen LogP contribution < -0.4 is 0 Å². The second kappa shape index (κ2) is 13.3. The van der Waals surface area contributed by atoms with Crippen molar-refractivity contribution in [1.82, 2.24) is 4.90 Å². The average molecular weight is 302 g/mol. The van der Waals surface area contributed by atoms with Gasteiger partial charge in [0.1, 0.15) is 0 Å². The van der Waals surface area contributed by atoms with Crippen molar-refractivity contribution in [2.75, 3.05) is 19.6 Å². The summed E-state index contributed by atoms with van der Waals surface area (Å²) in [7, 11) is 0. The number of allylic oxidation sites excluding steroid dienone is 5. The van der Waals surface area contributed by atoms with E-state index in [1.54, 1.807) is 0 Å². The Balaban J connectivity index is 4.11. The summed E-state index contributed by atoms with van der Waals surface area (Å²) >= 11 is 0. The van der Waals surface area contributed by atoms with Crippen molar-refractivity contribution in [2.24, 2.45) is 0 Å². The van der Waals surface area contributed by atoms with E-state index in [1.807, 2.05) is 12.2 Å². The molecule has 0 aliphatic carbocycles. The zero-order valence-electron chi connectivity index (χ0n) is 15.2. The molecule has 0 bridgehead atoms. The van der Waals surface area contributed by atoms with E-state index >= 15 is 0 Å². The molecule has 0 aromatic rings. The molecule has 0 saturated carbocycles. The molecule has 0 aliphatic rings.